The topological polar surface area (TPSA) is 97.5 Å². The maximum atomic E-state index is 13.6. The van der Waals surface area contributed by atoms with E-state index in [1.54, 1.807) is 6.92 Å². The Bertz CT molecular complexity index is 1610. The molecule has 1 aromatic heterocycles. The molecule has 3 aromatic carbocycles. The van der Waals surface area contributed by atoms with Crippen LogP contribution in [0.25, 0.3) is 11.0 Å². The number of carbonyl (C=O) groups excluding carboxylic acids is 1. The lowest BCUT2D eigenvalue weighted by Gasteiger charge is -2.31. The fraction of sp³-hybridized carbons (Fsp3) is 0.394. The summed E-state index contributed by atoms with van der Waals surface area (Å²) in [5.41, 5.74) is 7.41. The lowest BCUT2D eigenvalue weighted by Crippen LogP contribution is -2.36. The van der Waals surface area contributed by atoms with E-state index in [1.165, 1.54) is 5.56 Å². The number of benzene rings is 3. The molecule has 8 heteroatoms. The van der Waals surface area contributed by atoms with E-state index < -0.39 is 11.9 Å². The highest BCUT2D eigenvalue weighted by Crippen LogP contribution is 2.36. The van der Waals surface area contributed by atoms with Crippen LogP contribution in [0.4, 0.5) is 0 Å². The first kappa shape index (κ1) is 27.0. The minimum absolute atomic E-state index is 0.00693. The van der Waals surface area contributed by atoms with Crippen LogP contribution in [0, 0.1) is 12.8 Å². The molecule has 2 atom stereocenters. The maximum absolute atomic E-state index is 13.6. The number of aryl methyl sites for hydroxylation is 2. The number of carboxylic acid groups (broad SMARTS) is 1. The molecule has 0 saturated heterocycles. The number of aromatic nitrogens is 3. The second-order valence-electron chi connectivity index (χ2n) is 11.4. The van der Waals surface area contributed by atoms with Crippen molar-refractivity contribution in [2.45, 2.75) is 65.0 Å². The van der Waals surface area contributed by atoms with Crippen LogP contribution in [0.1, 0.15) is 76.7 Å². The van der Waals surface area contributed by atoms with Gasteiger partial charge in [0.05, 0.1) is 18.0 Å². The first-order valence-corrected chi connectivity index (χ1v) is 14.6. The Morgan fingerprint density at radius 2 is 1.78 bits per heavy atom. The normalized spacial score (nSPS) is 18.6. The highest BCUT2D eigenvalue weighted by Gasteiger charge is 2.30. The first-order chi connectivity index (χ1) is 19.9. The van der Waals surface area contributed by atoms with Gasteiger partial charge in [-0.05, 0) is 90.8 Å². The van der Waals surface area contributed by atoms with Gasteiger partial charge in [-0.25, -0.2) is 4.68 Å². The Kier molecular flexibility index (Phi) is 7.47. The van der Waals surface area contributed by atoms with Crippen molar-refractivity contribution < 1.29 is 19.4 Å². The van der Waals surface area contributed by atoms with Crippen LogP contribution in [0.5, 0.6) is 5.75 Å². The van der Waals surface area contributed by atoms with E-state index in [4.69, 9.17) is 4.74 Å². The van der Waals surface area contributed by atoms with Crippen LogP contribution in [0.15, 0.2) is 54.6 Å². The molecule has 4 aromatic rings. The second kappa shape index (κ2) is 11.4. The van der Waals surface area contributed by atoms with E-state index in [0.717, 1.165) is 77.7 Å². The number of aliphatic carboxylic acids is 1. The van der Waals surface area contributed by atoms with Gasteiger partial charge in [0.1, 0.15) is 11.3 Å². The Hall–Kier alpha value is -4.20. The average molecular weight is 553 g/mol. The molecule has 0 unspecified atom stereocenters. The Balaban J connectivity index is 1.40. The van der Waals surface area contributed by atoms with Crippen LogP contribution in [-0.2, 0) is 24.3 Å². The van der Waals surface area contributed by atoms with Crippen molar-refractivity contribution >= 4 is 22.9 Å². The fourth-order valence-electron chi connectivity index (χ4n) is 6.25. The molecular weight excluding hydrogens is 516 g/mol. The van der Waals surface area contributed by atoms with Crippen molar-refractivity contribution in [3.63, 3.8) is 0 Å². The molecule has 0 radical (unpaired) electrons. The van der Waals surface area contributed by atoms with E-state index in [2.05, 4.69) is 22.4 Å². The molecule has 9 bridgehead atoms. The molecule has 1 N–H and O–H groups in total. The zero-order valence-electron chi connectivity index (χ0n) is 23.7. The minimum Gasteiger partial charge on any atom is -0.494 e. The highest BCUT2D eigenvalue weighted by molar-refractivity contribution is 5.96. The van der Waals surface area contributed by atoms with Gasteiger partial charge in [0.15, 0.2) is 0 Å². The predicted octanol–water partition coefficient (Wildman–Crippen LogP) is 5.74. The van der Waals surface area contributed by atoms with Crippen molar-refractivity contribution in [2.75, 3.05) is 13.2 Å². The molecule has 212 valence electrons. The Morgan fingerprint density at radius 1 is 0.976 bits per heavy atom. The number of rotatable bonds is 2. The summed E-state index contributed by atoms with van der Waals surface area (Å²) in [6, 6.07) is 18.0. The molecule has 6 heterocycles. The lowest BCUT2D eigenvalue weighted by atomic mass is 9.80. The number of amides is 1. The van der Waals surface area contributed by atoms with Crippen molar-refractivity contribution in [3.8, 4) is 5.75 Å². The average Bonchev–Trinajstić information content (AvgIpc) is 3.37. The highest BCUT2D eigenvalue weighted by atomic mass is 16.5. The van der Waals surface area contributed by atoms with Gasteiger partial charge in [0.2, 0.25) is 0 Å². The molecule has 0 fully saturated rings. The van der Waals surface area contributed by atoms with Crippen LogP contribution >= 0.6 is 0 Å². The molecule has 0 aliphatic carbocycles. The number of carbonyl (C=O) groups is 2. The number of nitrogens with zero attached hydrogens (tertiary/aromatic N) is 4. The zero-order chi connectivity index (χ0) is 28.5. The molecular formula is C33H36N4O4. The van der Waals surface area contributed by atoms with Crippen LogP contribution in [0.2, 0.25) is 0 Å². The Labute approximate surface area is 239 Å². The molecule has 9 rings (SSSR count). The van der Waals surface area contributed by atoms with Gasteiger partial charge in [-0.1, -0.05) is 42.8 Å². The van der Waals surface area contributed by atoms with E-state index in [1.807, 2.05) is 59.0 Å². The van der Waals surface area contributed by atoms with Crippen LogP contribution < -0.4 is 4.74 Å². The standard InChI is InChI=1S/C33H36N4O4/c1-21-17-27-10-11-28(21)32(38)36-15-13-23-7-8-24(18-26(23)20-36)31(22(2)33(39)40)25-9-12-30-29(19-25)34-35-37(30)14-5-3-4-6-16-41-27/h7-12,17-19,22,31H,3-6,13-16,20H2,1-2H3,(H,39,40)/t22-,31+/m0/s1. The molecule has 8 nitrogen and oxygen atoms in total. The maximum Gasteiger partial charge on any atom is 0.307 e. The van der Waals surface area contributed by atoms with Gasteiger partial charge in [0, 0.05) is 31.1 Å². The van der Waals surface area contributed by atoms with E-state index in [0.29, 0.717) is 25.3 Å². The monoisotopic (exact) mass is 552 g/mol. The molecule has 5 aliphatic heterocycles. The summed E-state index contributed by atoms with van der Waals surface area (Å²) in [4.78, 5) is 27.8. The smallest absolute Gasteiger partial charge is 0.307 e. The third-order valence-electron chi connectivity index (χ3n) is 8.64. The number of hydrogen-bond acceptors (Lipinski definition) is 5. The third kappa shape index (κ3) is 5.43. The summed E-state index contributed by atoms with van der Waals surface area (Å²) in [5, 5.41) is 18.9. The largest absolute Gasteiger partial charge is 0.494 e. The van der Waals surface area contributed by atoms with Gasteiger partial charge in [-0.3, -0.25) is 9.59 Å². The third-order valence-corrected chi connectivity index (χ3v) is 8.64. The fourth-order valence-corrected chi connectivity index (χ4v) is 6.25. The minimum atomic E-state index is -0.853. The van der Waals surface area contributed by atoms with Crippen molar-refractivity contribution in [3.05, 3.63) is 88.0 Å². The summed E-state index contributed by atoms with van der Waals surface area (Å²) < 4.78 is 7.93. The number of carboxylic acids is 1. The van der Waals surface area contributed by atoms with Crippen LogP contribution in [-0.4, -0.2) is 50.0 Å². The van der Waals surface area contributed by atoms with E-state index >= 15 is 0 Å². The summed E-state index contributed by atoms with van der Waals surface area (Å²) in [6.07, 6.45) is 4.81. The van der Waals surface area contributed by atoms with Gasteiger partial charge in [-0.2, -0.15) is 0 Å². The summed E-state index contributed by atoms with van der Waals surface area (Å²) >= 11 is 0. The SMILES string of the molecule is Cc1cc2ccc1C(=O)N1CCc3ccc(cc3C1)[C@@H]([C@H](C)C(=O)O)c1ccc3c(c1)nnn3CCCCCCO2. The van der Waals surface area contributed by atoms with Crippen molar-refractivity contribution in [2.24, 2.45) is 5.92 Å². The number of hydrogen-bond donors (Lipinski definition) is 1. The molecule has 1 amide bonds. The second-order valence-corrected chi connectivity index (χ2v) is 11.4. The molecule has 0 spiro atoms. The molecule has 5 aliphatic rings. The first-order valence-electron chi connectivity index (χ1n) is 14.6. The van der Waals surface area contributed by atoms with Crippen molar-refractivity contribution in [1.82, 2.24) is 19.9 Å². The van der Waals surface area contributed by atoms with Gasteiger partial charge < -0.3 is 14.7 Å². The van der Waals surface area contributed by atoms with Gasteiger partial charge in [-0.15, -0.1) is 5.10 Å². The predicted molar refractivity (Wildman–Crippen MR) is 156 cm³/mol. The summed E-state index contributed by atoms with van der Waals surface area (Å²) in [6.45, 7) is 6.27. The lowest BCUT2D eigenvalue weighted by molar-refractivity contribution is -0.141. The van der Waals surface area contributed by atoms with Gasteiger partial charge >= 0.3 is 5.97 Å². The Morgan fingerprint density at radius 3 is 2.61 bits per heavy atom. The van der Waals surface area contributed by atoms with Crippen LogP contribution in [0.3, 0.4) is 0 Å². The zero-order valence-corrected chi connectivity index (χ0v) is 23.7. The van der Waals surface area contributed by atoms with E-state index in [9.17, 15) is 14.7 Å². The summed E-state index contributed by atoms with van der Waals surface area (Å²) in [5.74, 6) is -1.08. The molecule has 0 saturated carbocycles. The quantitative estimate of drug-likeness (QED) is 0.340. The summed E-state index contributed by atoms with van der Waals surface area (Å²) in [7, 11) is 0. The van der Waals surface area contributed by atoms with Crippen molar-refractivity contribution in [1.29, 1.82) is 0 Å². The van der Waals surface area contributed by atoms with E-state index in [-0.39, 0.29) is 11.8 Å². The van der Waals surface area contributed by atoms with Gasteiger partial charge in [0.25, 0.3) is 5.91 Å². The number of ether oxygens (including phenoxy) is 1. The molecule has 41 heavy (non-hydrogen) atoms.